The van der Waals surface area contributed by atoms with E-state index in [4.69, 9.17) is 5.26 Å². The summed E-state index contributed by atoms with van der Waals surface area (Å²) in [6.07, 6.45) is 0. The lowest BCUT2D eigenvalue weighted by molar-refractivity contribution is -0.119. The van der Waals surface area contributed by atoms with E-state index in [9.17, 15) is 4.79 Å². The van der Waals surface area contributed by atoms with Crippen molar-refractivity contribution in [1.29, 1.82) is 5.26 Å². The van der Waals surface area contributed by atoms with Crippen LogP contribution in [0.2, 0.25) is 0 Å². The summed E-state index contributed by atoms with van der Waals surface area (Å²) in [5.74, 6) is -0.102. The molecule has 62 valence electrons. The highest BCUT2D eigenvalue weighted by Crippen LogP contribution is 1.85. The molecule has 0 aromatic heterocycles. The first-order chi connectivity index (χ1) is 5.20. The number of carbonyl (C=O) groups is 1. The quantitative estimate of drug-likeness (QED) is 0.574. The van der Waals surface area contributed by atoms with Crippen LogP contribution < -0.4 is 10.6 Å². The van der Waals surface area contributed by atoms with Gasteiger partial charge >= 0.3 is 0 Å². The molecular weight excluding hydrogens is 142 g/mol. The molecule has 11 heavy (non-hydrogen) atoms. The van der Waals surface area contributed by atoms with Gasteiger partial charge in [-0.05, 0) is 6.92 Å². The highest BCUT2D eigenvalue weighted by molar-refractivity contribution is 5.77. The van der Waals surface area contributed by atoms with E-state index in [0.29, 0.717) is 6.54 Å². The van der Waals surface area contributed by atoms with E-state index in [2.05, 4.69) is 16.7 Å². The summed E-state index contributed by atoms with van der Waals surface area (Å²) in [6.45, 7) is 2.64. The van der Waals surface area contributed by atoms with E-state index < -0.39 is 0 Å². The number of nitrogens with zero attached hydrogens (tertiary/aromatic N) is 1. The zero-order chi connectivity index (χ0) is 8.69. The van der Waals surface area contributed by atoms with Crippen LogP contribution in [0.5, 0.6) is 0 Å². The van der Waals surface area contributed by atoms with Crippen LogP contribution in [0.3, 0.4) is 0 Å². The van der Waals surface area contributed by atoms with Gasteiger partial charge < -0.3 is 10.6 Å². The van der Waals surface area contributed by atoms with Gasteiger partial charge in [-0.1, -0.05) is 0 Å². The number of hydrogen-bond donors (Lipinski definition) is 2. The van der Waals surface area contributed by atoms with E-state index in [1.807, 2.05) is 0 Å². The summed E-state index contributed by atoms with van der Waals surface area (Å²) in [4.78, 5) is 10.6. The molecule has 0 aromatic rings. The first-order valence-corrected chi connectivity index (χ1v) is 3.51. The molecule has 0 aliphatic rings. The van der Waals surface area contributed by atoms with Crippen LogP contribution in [0.25, 0.3) is 0 Å². The predicted molar refractivity (Wildman–Crippen MR) is 41.7 cm³/mol. The number of nitrogens with one attached hydrogen (secondary N) is 2. The molecule has 0 heterocycles. The number of nitriles is 1. The van der Waals surface area contributed by atoms with Crippen molar-refractivity contribution in [2.45, 2.75) is 6.92 Å². The van der Waals surface area contributed by atoms with Crippen LogP contribution in [0, 0.1) is 17.2 Å². The molecular formula is C7H13N3O. The molecule has 0 fully saturated rings. The zero-order valence-electron chi connectivity index (χ0n) is 6.85. The molecule has 0 saturated carbocycles. The van der Waals surface area contributed by atoms with Crippen molar-refractivity contribution in [2.75, 3.05) is 20.1 Å². The lowest BCUT2D eigenvalue weighted by atomic mass is 10.2. The second-order valence-electron chi connectivity index (χ2n) is 2.33. The van der Waals surface area contributed by atoms with Crippen molar-refractivity contribution < 1.29 is 4.79 Å². The highest BCUT2D eigenvalue weighted by atomic mass is 16.1. The molecule has 1 amide bonds. The molecule has 0 aliphatic carbocycles. The molecule has 4 heteroatoms. The van der Waals surface area contributed by atoms with Crippen molar-refractivity contribution in [1.82, 2.24) is 10.6 Å². The van der Waals surface area contributed by atoms with Crippen LogP contribution in [0.4, 0.5) is 0 Å². The first kappa shape index (κ1) is 9.92. The SMILES string of the molecule is CNC(=O)CNCC(C)C#N. The van der Waals surface area contributed by atoms with Gasteiger partial charge in [0.25, 0.3) is 0 Å². The Kier molecular flexibility index (Phi) is 5.13. The third-order valence-corrected chi connectivity index (χ3v) is 1.24. The van der Waals surface area contributed by atoms with E-state index >= 15 is 0 Å². The normalized spacial score (nSPS) is 11.7. The maximum Gasteiger partial charge on any atom is 0.233 e. The number of rotatable bonds is 4. The van der Waals surface area contributed by atoms with Crippen LogP contribution in [-0.2, 0) is 4.79 Å². The monoisotopic (exact) mass is 155 g/mol. The topological polar surface area (TPSA) is 64.9 Å². The lowest BCUT2D eigenvalue weighted by Gasteiger charge is -2.03. The predicted octanol–water partition coefficient (Wildman–Crippen LogP) is -0.518. The maximum atomic E-state index is 10.6. The molecule has 1 atom stereocenters. The number of carbonyl (C=O) groups excluding carboxylic acids is 1. The molecule has 0 radical (unpaired) electrons. The first-order valence-electron chi connectivity index (χ1n) is 3.51. The van der Waals surface area contributed by atoms with Crippen LogP contribution in [-0.4, -0.2) is 26.0 Å². The van der Waals surface area contributed by atoms with Crippen molar-refractivity contribution >= 4 is 5.91 Å². The Bertz CT molecular complexity index is 162. The molecule has 2 N–H and O–H groups in total. The van der Waals surface area contributed by atoms with Crippen molar-refractivity contribution in [2.24, 2.45) is 5.92 Å². The molecule has 0 bridgehead atoms. The molecule has 4 nitrogen and oxygen atoms in total. The minimum Gasteiger partial charge on any atom is -0.358 e. The Morgan fingerprint density at radius 1 is 1.73 bits per heavy atom. The van der Waals surface area contributed by atoms with Gasteiger partial charge in [0, 0.05) is 13.6 Å². The average Bonchev–Trinajstić information content (AvgIpc) is 2.04. The minimum atomic E-state index is -0.0601. The Morgan fingerprint density at radius 3 is 2.82 bits per heavy atom. The summed E-state index contributed by atoms with van der Waals surface area (Å²) in [7, 11) is 1.58. The van der Waals surface area contributed by atoms with E-state index in [1.165, 1.54) is 0 Å². The fourth-order valence-corrected chi connectivity index (χ4v) is 0.536. The molecule has 0 saturated heterocycles. The standard InChI is InChI=1S/C7H13N3O/c1-6(3-8)4-10-5-7(11)9-2/h6,10H,4-5H2,1-2H3,(H,9,11). The van der Waals surface area contributed by atoms with E-state index in [1.54, 1.807) is 14.0 Å². The van der Waals surface area contributed by atoms with Crippen molar-refractivity contribution in [3.05, 3.63) is 0 Å². The van der Waals surface area contributed by atoms with Crippen LogP contribution >= 0.6 is 0 Å². The number of amides is 1. The Hall–Kier alpha value is -1.08. The molecule has 0 aromatic carbocycles. The molecule has 0 rings (SSSR count). The highest BCUT2D eigenvalue weighted by Gasteiger charge is 2.00. The summed E-state index contributed by atoms with van der Waals surface area (Å²) in [5.41, 5.74) is 0. The fourth-order valence-electron chi connectivity index (χ4n) is 0.536. The van der Waals surface area contributed by atoms with E-state index in [-0.39, 0.29) is 18.4 Å². The van der Waals surface area contributed by atoms with Gasteiger partial charge in [-0.3, -0.25) is 4.79 Å². The van der Waals surface area contributed by atoms with Gasteiger partial charge in [0.15, 0.2) is 0 Å². The van der Waals surface area contributed by atoms with Gasteiger partial charge in [0.2, 0.25) is 5.91 Å². The smallest absolute Gasteiger partial charge is 0.233 e. The molecule has 1 unspecified atom stereocenters. The summed E-state index contributed by atoms with van der Waals surface area (Å²) < 4.78 is 0. The van der Waals surface area contributed by atoms with Crippen molar-refractivity contribution in [3.63, 3.8) is 0 Å². The Labute approximate surface area is 66.6 Å². The third-order valence-electron chi connectivity index (χ3n) is 1.24. The van der Waals surface area contributed by atoms with Gasteiger partial charge in [-0.15, -0.1) is 0 Å². The summed E-state index contributed by atoms with van der Waals surface area (Å²) >= 11 is 0. The fraction of sp³-hybridized carbons (Fsp3) is 0.714. The second kappa shape index (κ2) is 5.69. The lowest BCUT2D eigenvalue weighted by Crippen LogP contribution is -2.33. The largest absolute Gasteiger partial charge is 0.358 e. The Morgan fingerprint density at radius 2 is 2.36 bits per heavy atom. The molecule has 0 aliphatic heterocycles. The van der Waals surface area contributed by atoms with Gasteiger partial charge in [-0.25, -0.2) is 0 Å². The Balaban J connectivity index is 3.29. The van der Waals surface area contributed by atoms with Gasteiger partial charge in [0.05, 0.1) is 18.5 Å². The number of hydrogen-bond acceptors (Lipinski definition) is 3. The van der Waals surface area contributed by atoms with Crippen molar-refractivity contribution in [3.8, 4) is 6.07 Å². The van der Waals surface area contributed by atoms with Gasteiger partial charge in [-0.2, -0.15) is 5.26 Å². The van der Waals surface area contributed by atoms with E-state index in [0.717, 1.165) is 0 Å². The minimum absolute atomic E-state index is 0.0420. The summed E-state index contributed by atoms with van der Waals surface area (Å²) in [6, 6.07) is 2.06. The number of likely N-dealkylation sites (N-methyl/N-ethyl adjacent to an activating group) is 1. The van der Waals surface area contributed by atoms with Gasteiger partial charge in [0.1, 0.15) is 0 Å². The van der Waals surface area contributed by atoms with Crippen LogP contribution in [0.1, 0.15) is 6.92 Å². The summed E-state index contributed by atoms with van der Waals surface area (Å²) in [5, 5.41) is 13.7. The van der Waals surface area contributed by atoms with Crippen LogP contribution in [0.15, 0.2) is 0 Å². The second-order valence-corrected chi connectivity index (χ2v) is 2.33. The third kappa shape index (κ3) is 5.37. The average molecular weight is 155 g/mol. The molecule has 0 spiro atoms. The maximum absolute atomic E-state index is 10.6. The zero-order valence-corrected chi connectivity index (χ0v) is 6.85.